The van der Waals surface area contributed by atoms with E-state index in [1.807, 2.05) is 19.1 Å². The molecule has 0 atom stereocenters. The van der Waals surface area contributed by atoms with Gasteiger partial charge in [-0.15, -0.1) is 0 Å². The zero-order valence-electron chi connectivity index (χ0n) is 9.97. The predicted octanol–water partition coefficient (Wildman–Crippen LogP) is 1.97. The number of anilines is 1. The van der Waals surface area contributed by atoms with E-state index in [1.54, 1.807) is 19.5 Å². The first kappa shape index (κ1) is 11.4. The molecule has 17 heavy (non-hydrogen) atoms. The number of aromatic nitrogens is 2. The van der Waals surface area contributed by atoms with Gasteiger partial charge >= 0.3 is 0 Å². The van der Waals surface area contributed by atoms with Gasteiger partial charge in [0.2, 0.25) is 0 Å². The molecule has 0 fully saturated rings. The summed E-state index contributed by atoms with van der Waals surface area (Å²) < 4.78 is 5.22. The smallest absolute Gasteiger partial charge is 0.132 e. The van der Waals surface area contributed by atoms with Crippen molar-refractivity contribution >= 4 is 5.69 Å². The van der Waals surface area contributed by atoms with Gasteiger partial charge in [-0.05, 0) is 24.1 Å². The van der Waals surface area contributed by atoms with E-state index < -0.39 is 0 Å². The molecule has 4 heteroatoms. The Morgan fingerprint density at radius 3 is 2.53 bits per heavy atom. The van der Waals surface area contributed by atoms with Crippen molar-refractivity contribution in [3.05, 3.63) is 47.5 Å². The van der Waals surface area contributed by atoms with Crippen LogP contribution in [0, 0.1) is 6.92 Å². The maximum Gasteiger partial charge on any atom is 0.132 e. The Kier molecular flexibility index (Phi) is 3.23. The van der Waals surface area contributed by atoms with E-state index in [0.29, 0.717) is 12.1 Å². The van der Waals surface area contributed by atoms with Crippen LogP contribution >= 0.6 is 0 Å². The van der Waals surface area contributed by atoms with Gasteiger partial charge in [0.05, 0.1) is 25.2 Å². The molecule has 0 aliphatic heterocycles. The topological polar surface area (TPSA) is 61.0 Å². The van der Waals surface area contributed by atoms with Gasteiger partial charge in [0, 0.05) is 6.42 Å². The lowest BCUT2D eigenvalue weighted by atomic mass is 10.1. The molecule has 1 aromatic heterocycles. The van der Waals surface area contributed by atoms with Gasteiger partial charge in [-0.1, -0.05) is 12.1 Å². The Balaban J connectivity index is 2.19. The standard InChI is InChI=1S/C13H15N3O/c1-9-5-10(3-4-12(9)17-2)6-13-15-7-11(14)8-16-13/h3-5,7-8H,6,14H2,1-2H3. The molecule has 0 saturated carbocycles. The maximum atomic E-state index is 5.54. The van der Waals surface area contributed by atoms with Crippen molar-refractivity contribution in [3.8, 4) is 5.75 Å². The number of nitrogens with zero attached hydrogens (tertiary/aromatic N) is 2. The highest BCUT2D eigenvalue weighted by molar-refractivity contribution is 5.37. The van der Waals surface area contributed by atoms with Gasteiger partial charge in [0.15, 0.2) is 0 Å². The lowest BCUT2D eigenvalue weighted by molar-refractivity contribution is 0.411. The van der Waals surface area contributed by atoms with Gasteiger partial charge < -0.3 is 10.5 Å². The van der Waals surface area contributed by atoms with Gasteiger partial charge in [-0.2, -0.15) is 0 Å². The molecule has 0 spiro atoms. The Hall–Kier alpha value is -2.10. The molecule has 0 aliphatic carbocycles. The predicted molar refractivity (Wildman–Crippen MR) is 67.0 cm³/mol. The van der Waals surface area contributed by atoms with Crippen molar-refractivity contribution in [2.75, 3.05) is 12.8 Å². The third kappa shape index (κ3) is 2.72. The Bertz CT molecular complexity index is 509. The number of ether oxygens (including phenoxy) is 1. The zero-order chi connectivity index (χ0) is 12.3. The lowest BCUT2D eigenvalue weighted by Crippen LogP contribution is -1.98. The monoisotopic (exact) mass is 229 g/mol. The van der Waals surface area contributed by atoms with E-state index in [4.69, 9.17) is 10.5 Å². The largest absolute Gasteiger partial charge is 0.496 e. The number of aryl methyl sites for hydroxylation is 1. The lowest BCUT2D eigenvalue weighted by Gasteiger charge is -2.06. The van der Waals surface area contributed by atoms with Crippen molar-refractivity contribution in [1.29, 1.82) is 0 Å². The van der Waals surface area contributed by atoms with Gasteiger partial charge in [-0.3, -0.25) is 0 Å². The van der Waals surface area contributed by atoms with Crippen LogP contribution < -0.4 is 10.5 Å². The fourth-order valence-electron chi connectivity index (χ4n) is 1.69. The van der Waals surface area contributed by atoms with Crippen LogP contribution in [0.15, 0.2) is 30.6 Å². The number of hydrogen-bond acceptors (Lipinski definition) is 4. The molecule has 2 rings (SSSR count). The van der Waals surface area contributed by atoms with Crippen LogP contribution in [0.1, 0.15) is 17.0 Å². The van der Waals surface area contributed by atoms with E-state index >= 15 is 0 Å². The minimum absolute atomic E-state index is 0.583. The second-order valence-corrected chi connectivity index (χ2v) is 3.91. The Morgan fingerprint density at radius 1 is 1.24 bits per heavy atom. The highest BCUT2D eigenvalue weighted by Gasteiger charge is 2.02. The Morgan fingerprint density at radius 2 is 1.94 bits per heavy atom. The molecule has 0 amide bonds. The SMILES string of the molecule is COc1ccc(Cc2ncc(N)cn2)cc1C. The van der Waals surface area contributed by atoms with Crippen LogP contribution in [-0.2, 0) is 6.42 Å². The first-order chi connectivity index (χ1) is 8.19. The molecule has 0 radical (unpaired) electrons. The molecular weight excluding hydrogens is 214 g/mol. The first-order valence-corrected chi connectivity index (χ1v) is 5.39. The van der Waals surface area contributed by atoms with Crippen LogP contribution in [0.4, 0.5) is 5.69 Å². The summed E-state index contributed by atoms with van der Waals surface area (Å²) >= 11 is 0. The molecule has 1 heterocycles. The summed E-state index contributed by atoms with van der Waals surface area (Å²) in [6, 6.07) is 6.06. The number of hydrogen-bond donors (Lipinski definition) is 1. The van der Waals surface area contributed by atoms with E-state index in [0.717, 1.165) is 22.7 Å². The van der Waals surface area contributed by atoms with Crippen molar-refractivity contribution in [2.24, 2.45) is 0 Å². The van der Waals surface area contributed by atoms with Crippen LogP contribution in [0.5, 0.6) is 5.75 Å². The highest BCUT2D eigenvalue weighted by Crippen LogP contribution is 2.19. The fraction of sp³-hybridized carbons (Fsp3) is 0.231. The first-order valence-electron chi connectivity index (χ1n) is 5.39. The van der Waals surface area contributed by atoms with Crippen molar-refractivity contribution in [2.45, 2.75) is 13.3 Å². The summed E-state index contributed by atoms with van der Waals surface area (Å²) in [5, 5.41) is 0. The molecule has 0 aliphatic rings. The van der Waals surface area contributed by atoms with Gasteiger partial charge in [-0.25, -0.2) is 9.97 Å². The summed E-state index contributed by atoms with van der Waals surface area (Å²) in [6.45, 7) is 2.02. The summed E-state index contributed by atoms with van der Waals surface area (Å²) in [6.07, 6.45) is 3.95. The molecule has 2 aromatic rings. The van der Waals surface area contributed by atoms with Crippen molar-refractivity contribution in [1.82, 2.24) is 9.97 Å². The summed E-state index contributed by atoms with van der Waals surface area (Å²) in [5.74, 6) is 1.66. The van der Waals surface area contributed by atoms with Crippen LogP contribution in [0.3, 0.4) is 0 Å². The van der Waals surface area contributed by atoms with Crippen molar-refractivity contribution in [3.63, 3.8) is 0 Å². The molecule has 0 saturated heterocycles. The average Bonchev–Trinajstić information content (AvgIpc) is 2.32. The number of nitrogen functional groups attached to an aromatic ring is 1. The minimum Gasteiger partial charge on any atom is -0.496 e. The van der Waals surface area contributed by atoms with Gasteiger partial charge in [0.25, 0.3) is 0 Å². The zero-order valence-corrected chi connectivity index (χ0v) is 9.97. The second kappa shape index (κ2) is 4.82. The van der Waals surface area contributed by atoms with Crippen LogP contribution in [0.2, 0.25) is 0 Å². The van der Waals surface area contributed by atoms with E-state index in [-0.39, 0.29) is 0 Å². The molecular formula is C13H15N3O. The molecule has 0 unspecified atom stereocenters. The highest BCUT2D eigenvalue weighted by atomic mass is 16.5. The number of rotatable bonds is 3. The van der Waals surface area contributed by atoms with Crippen LogP contribution in [-0.4, -0.2) is 17.1 Å². The van der Waals surface area contributed by atoms with Crippen LogP contribution in [0.25, 0.3) is 0 Å². The molecule has 2 N–H and O–H groups in total. The normalized spacial score (nSPS) is 10.2. The quantitative estimate of drug-likeness (QED) is 0.874. The number of benzene rings is 1. The van der Waals surface area contributed by atoms with E-state index in [1.165, 1.54) is 0 Å². The summed E-state index contributed by atoms with van der Waals surface area (Å²) in [5.41, 5.74) is 8.40. The number of nitrogens with two attached hydrogens (primary N) is 1. The molecule has 88 valence electrons. The third-order valence-electron chi connectivity index (χ3n) is 2.55. The fourth-order valence-corrected chi connectivity index (χ4v) is 1.69. The average molecular weight is 229 g/mol. The minimum atomic E-state index is 0.583. The Labute approximate surface area is 100 Å². The van der Waals surface area contributed by atoms with Gasteiger partial charge in [0.1, 0.15) is 11.6 Å². The molecule has 0 bridgehead atoms. The summed E-state index contributed by atoms with van der Waals surface area (Å²) in [4.78, 5) is 8.36. The maximum absolute atomic E-state index is 5.54. The second-order valence-electron chi connectivity index (χ2n) is 3.91. The van der Waals surface area contributed by atoms with Crippen molar-refractivity contribution < 1.29 is 4.74 Å². The summed E-state index contributed by atoms with van der Waals surface area (Å²) in [7, 11) is 1.67. The third-order valence-corrected chi connectivity index (χ3v) is 2.55. The number of methoxy groups -OCH3 is 1. The molecule has 4 nitrogen and oxygen atoms in total. The van der Waals surface area contributed by atoms with E-state index in [2.05, 4.69) is 16.0 Å². The molecule has 1 aromatic carbocycles. The van der Waals surface area contributed by atoms with E-state index in [9.17, 15) is 0 Å².